The molecule has 1 aromatic heterocycles. The Morgan fingerprint density at radius 1 is 1.00 bits per heavy atom. The Morgan fingerprint density at radius 2 is 1.62 bits per heavy atom. The standard InChI is InChI=1S/C21H27N3/c1-14(2)9-21-23-19-10-15(3)16(4)11-20(19)24(21)13-18-7-5-17(12-22)6-8-18/h5-8,10-11,14H,9,12-13,22H2,1-4H3. The number of imidazole rings is 1. The minimum atomic E-state index is 0.586. The first-order valence-corrected chi connectivity index (χ1v) is 8.72. The van der Waals surface area contributed by atoms with E-state index in [1.807, 2.05) is 0 Å². The number of nitrogens with two attached hydrogens (primary N) is 1. The van der Waals surface area contributed by atoms with Crippen LogP contribution in [0.25, 0.3) is 11.0 Å². The van der Waals surface area contributed by atoms with Crippen molar-refractivity contribution >= 4 is 11.0 Å². The van der Waals surface area contributed by atoms with E-state index < -0.39 is 0 Å². The van der Waals surface area contributed by atoms with Gasteiger partial charge in [0.1, 0.15) is 5.82 Å². The summed E-state index contributed by atoms with van der Waals surface area (Å²) in [6.07, 6.45) is 0.994. The number of fused-ring (bicyclic) bond motifs is 1. The monoisotopic (exact) mass is 321 g/mol. The number of aryl methyl sites for hydroxylation is 2. The molecule has 24 heavy (non-hydrogen) atoms. The largest absolute Gasteiger partial charge is 0.326 e. The van der Waals surface area contributed by atoms with Crippen molar-refractivity contribution in [2.24, 2.45) is 11.7 Å². The van der Waals surface area contributed by atoms with Gasteiger partial charge in [0.05, 0.1) is 11.0 Å². The van der Waals surface area contributed by atoms with Gasteiger partial charge in [-0.1, -0.05) is 38.1 Å². The first-order chi connectivity index (χ1) is 11.5. The van der Waals surface area contributed by atoms with Crippen LogP contribution in [0.2, 0.25) is 0 Å². The molecular formula is C21H27N3. The molecule has 2 N–H and O–H groups in total. The van der Waals surface area contributed by atoms with Crippen LogP contribution in [0.15, 0.2) is 36.4 Å². The highest BCUT2D eigenvalue weighted by Crippen LogP contribution is 2.23. The van der Waals surface area contributed by atoms with Gasteiger partial charge in [-0.15, -0.1) is 0 Å². The second-order valence-electron chi connectivity index (χ2n) is 7.16. The van der Waals surface area contributed by atoms with Crippen molar-refractivity contribution in [1.82, 2.24) is 9.55 Å². The predicted molar refractivity (Wildman–Crippen MR) is 101 cm³/mol. The fourth-order valence-corrected chi connectivity index (χ4v) is 3.09. The summed E-state index contributed by atoms with van der Waals surface area (Å²) in [5.41, 5.74) is 13.1. The van der Waals surface area contributed by atoms with Crippen LogP contribution in [-0.2, 0) is 19.5 Å². The Hall–Kier alpha value is -2.13. The highest BCUT2D eigenvalue weighted by molar-refractivity contribution is 5.78. The Bertz CT molecular complexity index is 842. The van der Waals surface area contributed by atoms with Crippen LogP contribution in [0.5, 0.6) is 0 Å². The molecule has 0 fully saturated rings. The Morgan fingerprint density at radius 3 is 2.25 bits per heavy atom. The van der Waals surface area contributed by atoms with Crippen LogP contribution in [0.1, 0.15) is 41.9 Å². The van der Waals surface area contributed by atoms with Crippen LogP contribution in [0.3, 0.4) is 0 Å². The SMILES string of the molecule is Cc1cc2nc(CC(C)C)n(Cc3ccc(CN)cc3)c2cc1C. The fourth-order valence-electron chi connectivity index (χ4n) is 3.09. The van der Waals surface area contributed by atoms with Gasteiger partial charge in [0, 0.05) is 19.5 Å². The zero-order chi connectivity index (χ0) is 17.3. The Balaban J connectivity index is 2.06. The van der Waals surface area contributed by atoms with E-state index in [1.165, 1.54) is 33.6 Å². The lowest BCUT2D eigenvalue weighted by atomic mass is 10.1. The van der Waals surface area contributed by atoms with Crippen molar-refractivity contribution in [3.05, 3.63) is 64.5 Å². The number of aromatic nitrogens is 2. The fraction of sp³-hybridized carbons (Fsp3) is 0.381. The molecular weight excluding hydrogens is 294 g/mol. The number of rotatable bonds is 5. The van der Waals surface area contributed by atoms with E-state index in [1.54, 1.807) is 0 Å². The van der Waals surface area contributed by atoms with Gasteiger partial charge in [0.2, 0.25) is 0 Å². The highest BCUT2D eigenvalue weighted by atomic mass is 15.1. The molecule has 0 aliphatic carbocycles. The third kappa shape index (κ3) is 3.36. The summed E-state index contributed by atoms with van der Waals surface area (Å²) in [5, 5.41) is 0. The third-order valence-corrected chi connectivity index (χ3v) is 4.63. The van der Waals surface area contributed by atoms with E-state index >= 15 is 0 Å². The quantitative estimate of drug-likeness (QED) is 0.759. The molecule has 0 unspecified atom stereocenters. The van der Waals surface area contributed by atoms with Gasteiger partial charge in [-0.25, -0.2) is 4.98 Å². The lowest BCUT2D eigenvalue weighted by Gasteiger charge is -2.12. The van der Waals surface area contributed by atoms with Gasteiger partial charge in [-0.2, -0.15) is 0 Å². The molecule has 1 heterocycles. The summed E-state index contributed by atoms with van der Waals surface area (Å²) in [6.45, 7) is 10.3. The van der Waals surface area contributed by atoms with E-state index in [0.717, 1.165) is 18.5 Å². The lowest BCUT2D eigenvalue weighted by Crippen LogP contribution is -2.08. The van der Waals surface area contributed by atoms with Crippen molar-refractivity contribution in [3.8, 4) is 0 Å². The molecule has 0 bridgehead atoms. The van der Waals surface area contributed by atoms with Gasteiger partial charge in [0.25, 0.3) is 0 Å². The summed E-state index contributed by atoms with van der Waals surface area (Å²) < 4.78 is 2.37. The second-order valence-corrected chi connectivity index (χ2v) is 7.16. The Kier molecular flexibility index (Phi) is 4.72. The van der Waals surface area contributed by atoms with Crippen molar-refractivity contribution < 1.29 is 0 Å². The summed E-state index contributed by atoms with van der Waals surface area (Å²) in [7, 11) is 0. The zero-order valence-corrected chi connectivity index (χ0v) is 15.1. The summed E-state index contributed by atoms with van der Waals surface area (Å²) in [4.78, 5) is 4.93. The average molecular weight is 321 g/mol. The zero-order valence-electron chi connectivity index (χ0n) is 15.1. The lowest BCUT2D eigenvalue weighted by molar-refractivity contribution is 0.595. The molecule has 0 spiro atoms. The first-order valence-electron chi connectivity index (χ1n) is 8.72. The normalized spacial score (nSPS) is 11.6. The molecule has 0 amide bonds. The smallest absolute Gasteiger partial charge is 0.110 e. The van der Waals surface area contributed by atoms with Crippen LogP contribution in [0, 0.1) is 19.8 Å². The predicted octanol–water partition coefficient (Wildman–Crippen LogP) is 4.36. The molecule has 3 rings (SSSR count). The maximum absolute atomic E-state index is 5.70. The summed E-state index contributed by atoms with van der Waals surface area (Å²) in [6, 6.07) is 13.1. The minimum absolute atomic E-state index is 0.586. The molecule has 0 aliphatic rings. The number of benzene rings is 2. The first kappa shape index (κ1) is 16.7. The van der Waals surface area contributed by atoms with E-state index in [-0.39, 0.29) is 0 Å². The number of hydrogen-bond donors (Lipinski definition) is 1. The highest BCUT2D eigenvalue weighted by Gasteiger charge is 2.13. The molecule has 126 valence electrons. The van der Waals surface area contributed by atoms with Crippen molar-refractivity contribution in [2.75, 3.05) is 0 Å². The molecule has 0 saturated heterocycles. The van der Waals surface area contributed by atoms with Crippen molar-refractivity contribution in [1.29, 1.82) is 0 Å². The maximum Gasteiger partial charge on any atom is 0.110 e. The summed E-state index contributed by atoms with van der Waals surface area (Å²) in [5.74, 6) is 1.76. The van der Waals surface area contributed by atoms with Crippen LogP contribution in [0.4, 0.5) is 0 Å². The molecule has 3 nitrogen and oxygen atoms in total. The van der Waals surface area contributed by atoms with E-state index in [0.29, 0.717) is 12.5 Å². The topological polar surface area (TPSA) is 43.8 Å². The maximum atomic E-state index is 5.70. The van der Waals surface area contributed by atoms with Crippen molar-refractivity contribution in [3.63, 3.8) is 0 Å². The molecule has 0 radical (unpaired) electrons. The van der Waals surface area contributed by atoms with Crippen LogP contribution in [-0.4, -0.2) is 9.55 Å². The molecule has 0 atom stereocenters. The molecule has 3 heteroatoms. The van der Waals surface area contributed by atoms with E-state index in [9.17, 15) is 0 Å². The van der Waals surface area contributed by atoms with Gasteiger partial charge in [-0.3, -0.25) is 0 Å². The van der Waals surface area contributed by atoms with Crippen LogP contribution >= 0.6 is 0 Å². The number of hydrogen-bond acceptors (Lipinski definition) is 2. The van der Waals surface area contributed by atoms with Crippen LogP contribution < -0.4 is 5.73 Å². The molecule has 0 aliphatic heterocycles. The number of nitrogens with zero attached hydrogens (tertiary/aromatic N) is 2. The average Bonchev–Trinajstić information content (AvgIpc) is 2.85. The van der Waals surface area contributed by atoms with Gasteiger partial charge in [-0.05, 0) is 54.2 Å². The molecule has 0 saturated carbocycles. The Labute approximate surface area is 144 Å². The van der Waals surface area contributed by atoms with Gasteiger partial charge in [0.15, 0.2) is 0 Å². The van der Waals surface area contributed by atoms with Gasteiger partial charge >= 0.3 is 0 Å². The molecule has 2 aromatic carbocycles. The minimum Gasteiger partial charge on any atom is -0.326 e. The second kappa shape index (κ2) is 6.78. The third-order valence-electron chi connectivity index (χ3n) is 4.63. The van der Waals surface area contributed by atoms with Crippen molar-refractivity contribution in [2.45, 2.75) is 47.2 Å². The molecule has 3 aromatic rings. The van der Waals surface area contributed by atoms with E-state index in [4.69, 9.17) is 10.7 Å². The van der Waals surface area contributed by atoms with E-state index in [2.05, 4.69) is 68.7 Å². The summed E-state index contributed by atoms with van der Waals surface area (Å²) >= 11 is 0. The van der Waals surface area contributed by atoms with Gasteiger partial charge < -0.3 is 10.3 Å².